The highest BCUT2D eigenvalue weighted by atomic mass is 16.5. The molecule has 26 heavy (non-hydrogen) atoms. The number of nitrogens with two attached hydrogens (primary N) is 2. The van der Waals surface area contributed by atoms with Gasteiger partial charge in [0.15, 0.2) is 0 Å². The third-order valence-electron chi connectivity index (χ3n) is 4.23. The molecule has 0 aromatic heterocycles. The number of nitrogen functional groups attached to an aromatic ring is 2. The fraction of sp³-hybridized carbons (Fsp3) is 0.182. The third-order valence-corrected chi connectivity index (χ3v) is 4.23. The molecule has 0 spiro atoms. The molecule has 0 aliphatic rings. The maximum atomic E-state index is 10.6. The molecule has 134 valence electrons. The van der Waals surface area contributed by atoms with Crippen molar-refractivity contribution in [3.05, 3.63) is 66.2 Å². The minimum absolute atomic E-state index is 0.156. The second-order valence-corrected chi connectivity index (χ2v) is 7.38. The largest absolute Gasteiger partial charge is 0.507 e. The molecule has 4 nitrogen and oxygen atoms in total. The summed E-state index contributed by atoms with van der Waals surface area (Å²) in [5, 5.41) is 10.6. The number of phenolic OH excluding ortho intramolecular Hbond substituents is 1. The van der Waals surface area contributed by atoms with Gasteiger partial charge in [0, 0.05) is 22.5 Å². The predicted octanol–water partition coefficient (Wildman–Crippen LogP) is 5.31. The summed E-state index contributed by atoms with van der Waals surface area (Å²) >= 11 is 0. The van der Waals surface area contributed by atoms with E-state index in [1.165, 1.54) is 0 Å². The van der Waals surface area contributed by atoms with Gasteiger partial charge in [0.25, 0.3) is 0 Å². The number of phenols is 1. The van der Waals surface area contributed by atoms with E-state index in [2.05, 4.69) is 20.8 Å². The highest BCUT2D eigenvalue weighted by molar-refractivity contribution is 5.81. The molecule has 0 saturated carbocycles. The summed E-state index contributed by atoms with van der Waals surface area (Å²) < 4.78 is 6.07. The van der Waals surface area contributed by atoms with Crippen molar-refractivity contribution in [2.45, 2.75) is 26.2 Å². The molecule has 3 aromatic rings. The first kappa shape index (κ1) is 17.7. The minimum Gasteiger partial charge on any atom is -0.507 e. The topological polar surface area (TPSA) is 81.5 Å². The van der Waals surface area contributed by atoms with Crippen molar-refractivity contribution in [2.75, 3.05) is 11.5 Å². The molecule has 0 heterocycles. The SMILES string of the molecule is CC(C)(C)c1cccc(O)c1-c1cc(N)ccc1Oc1ccc(N)cc1. The van der Waals surface area contributed by atoms with Crippen molar-refractivity contribution in [2.24, 2.45) is 0 Å². The van der Waals surface area contributed by atoms with Crippen molar-refractivity contribution in [1.82, 2.24) is 0 Å². The summed E-state index contributed by atoms with van der Waals surface area (Å²) in [5.41, 5.74) is 15.4. The van der Waals surface area contributed by atoms with Gasteiger partial charge >= 0.3 is 0 Å². The van der Waals surface area contributed by atoms with Crippen LogP contribution in [0.5, 0.6) is 17.2 Å². The van der Waals surface area contributed by atoms with Crippen LogP contribution in [0.2, 0.25) is 0 Å². The number of hydrogen-bond donors (Lipinski definition) is 3. The molecule has 0 bridgehead atoms. The van der Waals surface area contributed by atoms with Crippen LogP contribution in [0.1, 0.15) is 26.3 Å². The molecule has 0 amide bonds. The van der Waals surface area contributed by atoms with Gasteiger partial charge in [-0.2, -0.15) is 0 Å². The third kappa shape index (κ3) is 3.59. The van der Waals surface area contributed by atoms with Crippen molar-refractivity contribution >= 4 is 11.4 Å². The van der Waals surface area contributed by atoms with Crippen LogP contribution in [0.25, 0.3) is 11.1 Å². The summed E-state index contributed by atoms with van der Waals surface area (Å²) in [5.74, 6) is 1.49. The van der Waals surface area contributed by atoms with Crippen LogP contribution < -0.4 is 16.2 Å². The highest BCUT2D eigenvalue weighted by Crippen LogP contribution is 2.44. The summed E-state index contributed by atoms with van der Waals surface area (Å²) in [6.07, 6.45) is 0. The maximum Gasteiger partial charge on any atom is 0.135 e. The van der Waals surface area contributed by atoms with Crippen LogP contribution in [0.4, 0.5) is 11.4 Å². The van der Waals surface area contributed by atoms with E-state index in [9.17, 15) is 5.11 Å². The number of hydrogen-bond acceptors (Lipinski definition) is 4. The van der Waals surface area contributed by atoms with E-state index in [-0.39, 0.29) is 11.2 Å². The van der Waals surface area contributed by atoms with E-state index in [1.807, 2.05) is 36.4 Å². The van der Waals surface area contributed by atoms with Gasteiger partial charge in [-0.05, 0) is 59.5 Å². The molecule has 3 rings (SSSR count). The first-order chi connectivity index (χ1) is 12.3. The van der Waals surface area contributed by atoms with Gasteiger partial charge in [-0.1, -0.05) is 32.9 Å². The van der Waals surface area contributed by atoms with Crippen LogP contribution in [0, 0.1) is 0 Å². The van der Waals surface area contributed by atoms with E-state index in [1.54, 1.807) is 24.3 Å². The molecular weight excluding hydrogens is 324 g/mol. The number of rotatable bonds is 3. The van der Waals surface area contributed by atoms with Crippen LogP contribution in [0.15, 0.2) is 60.7 Å². The molecule has 0 unspecified atom stereocenters. The minimum atomic E-state index is -0.156. The molecule has 5 N–H and O–H groups in total. The van der Waals surface area contributed by atoms with Gasteiger partial charge in [-0.25, -0.2) is 0 Å². The number of anilines is 2. The monoisotopic (exact) mass is 348 g/mol. The Balaban J connectivity index is 2.17. The Labute approximate surface area is 154 Å². The highest BCUT2D eigenvalue weighted by Gasteiger charge is 2.23. The Hall–Kier alpha value is -3.14. The Morgan fingerprint density at radius 3 is 2.15 bits per heavy atom. The quantitative estimate of drug-likeness (QED) is 0.560. The normalized spacial score (nSPS) is 11.3. The predicted molar refractivity (Wildman–Crippen MR) is 108 cm³/mol. The molecule has 3 aromatic carbocycles. The lowest BCUT2D eigenvalue weighted by atomic mass is 9.81. The van der Waals surface area contributed by atoms with Crippen LogP contribution in [-0.2, 0) is 5.41 Å². The average molecular weight is 348 g/mol. The summed E-state index contributed by atoms with van der Waals surface area (Å²) in [4.78, 5) is 0. The van der Waals surface area contributed by atoms with Crippen molar-refractivity contribution in [1.29, 1.82) is 0 Å². The van der Waals surface area contributed by atoms with Crippen molar-refractivity contribution in [3.63, 3.8) is 0 Å². The zero-order chi connectivity index (χ0) is 18.9. The molecule has 0 atom stereocenters. The van der Waals surface area contributed by atoms with E-state index in [0.29, 0.717) is 22.9 Å². The zero-order valence-electron chi connectivity index (χ0n) is 15.3. The number of aromatic hydroxyl groups is 1. The Bertz CT molecular complexity index is 926. The van der Waals surface area contributed by atoms with Gasteiger partial charge in [0.1, 0.15) is 17.2 Å². The lowest BCUT2D eigenvalue weighted by molar-refractivity contribution is 0.469. The molecule has 0 radical (unpaired) electrons. The van der Waals surface area contributed by atoms with E-state index >= 15 is 0 Å². The lowest BCUT2D eigenvalue weighted by Gasteiger charge is -2.25. The van der Waals surface area contributed by atoms with Crippen molar-refractivity contribution in [3.8, 4) is 28.4 Å². The fourth-order valence-electron chi connectivity index (χ4n) is 2.94. The second-order valence-electron chi connectivity index (χ2n) is 7.38. The first-order valence-electron chi connectivity index (χ1n) is 8.51. The maximum absolute atomic E-state index is 10.6. The van der Waals surface area contributed by atoms with Gasteiger partial charge < -0.3 is 21.3 Å². The first-order valence-corrected chi connectivity index (χ1v) is 8.51. The Kier molecular flexibility index (Phi) is 4.51. The van der Waals surface area contributed by atoms with E-state index < -0.39 is 0 Å². The molecular formula is C22H24N2O2. The summed E-state index contributed by atoms with van der Waals surface area (Å²) in [6.45, 7) is 6.33. The Morgan fingerprint density at radius 1 is 0.846 bits per heavy atom. The van der Waals surface area contributed by atoms with Gasteiger partial charge in [-0.3, -0.25) is 0 Å². The number of ether oxygens (including phenoxy) is 1. The van der Waals surface area contributed by atoms with Crippen molar-refractivity contribution < 1.29 is 9.84 Å². The van der Waals surface area contributed by atoms with E-state index in [0.717, 1.165) is 16.7 Å². The Morgan fingerprint density at radius 2 is 1.50 bits per heavy atom. The average Bonchev–Trinajstić information content (AvgIpc) is 2.57. The van der Waals surface area contributed by atoms with Crippen LogP contribution in [-0.4, -0.2) is 5.11 Å². The molecule has 0 saturated heterocycles. The standard InChI is InChI=1S/C22H24N2O2/c1-22(2,3)18-5-4-6-19(25)21(18)17-13-15(24)9-12-20(17)26-16-10-7-14(23)8-11-16/h4-13,25H,23-24H2,1-3H3. The second kappa shape index (κ2) is 6.64. The smallest absolute Gasteiger partial charge is 0.135 e. The fourth-order valence-corrected chi connectivity index (χ4v) is 2.94. The van der Waals surface area contributed by atoms with Crippen LogP contribution in [0.3, 0.4) is 0 Å². The van der Waals surface area contributed by atoms with Gasteiger partial charge in [-0.15, -0.1) is 0 Å². The summed E-state index contributed by atoms with van der Waals surface area (Å²) in [6, 6.07) is 18.2. The summed E-state index contributed by atoms with van der Waals surface area (Å²) in [7, 11) is 0. The van der Waals surface area contributed by atoms with Gasteiger partial charge in [0.05, 0.1) is 0 Å². The number of benzene rings is 3. The lowest BCUT2D eigenvalue weighted by Crippen LogP contribution is -2.13. The molecule has 0 fully saturated rings. The van der Waals surface area contributed by atoms with E-state index in [4.69, 9.17) is 16.2 Å². The molecule has 0 aliphatic carbocycles. The van der Waals surface area contributed by atoms with Crippen LogP contribution >= 0.6 is 0 Å². The van der Waals surface area contributed by atoms with Gasteiger partial charge in [0.2, 0.25) is 0 Å². The molecule has 4 heteroatoms. The zero-order valence-corrected chi connectivity index (χ0v) is 15.3. The molecule has 0 aliphatic heterocycles.